The van der Waals surface area contributed by atoms with Gasteiger partial charge in [0.05, 0.1) is 11.1 Å². The van der Waals surface area contributed by atoms with E-state index in [0.29, 0.717) is 10.8 Å². The summed E-state index contributed by atoms with van der Waals surface area (Å²) in [4.78, 5) is 22.9. The number of nitrogens with zero attached hydrogens (tertiary/aromatic N) is 1. The van der Waals surface area contributed by atoms with Crippen molar-refractivity contribution in [3.63, 3.8) is 0 Å². The molecule has 1 atom stereocenters. The predicted octanol–water partition coefficient (Wildman–Crippen LogP) is 2.01. The van der Waals surface area contributed by atoms with E-state index < -0.39 is 18.0 Å². The van der Waals surface area contributed by atoms with E-state index in [4.69, 9.17) is 21.4 Å². The average Bonchev–Trinajstić information content (AvgIpc) is 2.74. The zero-order chi connectivity index (χ0) is 18.4. The molecule has 2 aliphatic rings. The number of carbonyl (C=O) groups is 2. The molecule has 1 unspecified atom stereocenters. The van der Waals surface area contributed by atoms with Crippen LogP contribution in [0.25, 0.3) is 10.9 Å². The first-order valence-electron chi connectivity index (χ1n) is 8.34. The Morgan fingerprint density at radius 1 is 1.27 bits per heavy atom. The fourth-order valence-electron chi connectivity index (χ4n) is 3.94. The first kappa shape index (κ1) is 16.9. The van der Waals surface area contributed by atoms with Gasteiger partial charge in [0.25, 0.3) is 0 Å². The summed E-state index contributed by atoms with van der Waals surface area (Å²) in [7, 11) is 0. The van der Waals surface area contributed by atoms with Gasteiger partial charge in [-0.2, -0.15) is 0 Å². The monoisotopic (exact) mass is 376 g/mol. The van der Waals surface area contributed by atoms with Crippen LogP contribution >= 0.6 is 11.6 Å². The highest BCUT2D eigenvalue weighted by atomic mass is 35.5. The van der Waals surface area contributed by atoms with Crippen molar-refractivity contribution in [2.45, 2.75) is 18.9 Å². The van der Waals surface area contributed by atoms with Crippen LogP contribution in [0.4, 0.5) is 0 Å². The van der Waals surface area contributed by atoms with Crippen LogP contribution in [0.15, 0.2) is 23.8 Å². The van der Waals surface area contributed by atoms with Gasteiger partial charge >= 0.3 is 11.9 Å². The van der Waals surface area contributed by atoms with Crippen LogP contribution in [0.5, 0.6) is 5.75 Å². The second kappa shape index (κ2) is 6.34. The molecule has 0 spiro atoms. The van der Waals surface area contributed by atoms with E-state index in [1.54, 1.807) is 6.07 Å². The number of carboxylic acid groups (broad SMARTS) is 2. The Labute approximate surface area is 153 Å². The Morgan fingerprint density at radius 2 is 2.04 bits per heavy atom. The molecule has 7 nitrogen and oxygen atoms in total. The highest BCUT2D eigenvalue weighted by molar-refractivity contribution is 6.31. The van der Waals surface area contributed by atoms with Crippen LogP contribution in [-0.2, 0) is 22.4 Å². The van der Waals surface area contributed by atoms with Crippen LogP contribution in [0.1, 0.15) is 17.3 Å². The number of nitrogens with one attached hydrogen (secondary N) is 1. The summed E-state index contributed by atoms with van der Waals surface area (Å²) in [6, 6.07) is 2.88. The maximum absolute atomic E-state index is 11.7. The Bertz CT molecular complexity index is 962. The molecule has 0 amide bonds. The molecule has 4 rings (SSSR count). The molecule has 0 saturated carbocycles. The van der Waals surface area contributed by atoms with Crippen molar-refractivity contribution < 1.29 is 24.5 Å². The molecule has 1 aromatic carbocycles. The van der Waals surface area contributed by atoms with Gasteiger partial charge in [0.15, 0.2) is 0 Å². The van der Waals surface area contributed by atoms with Gasteiger partial charge in [-0.1, -0.05) is 11.6 Å². The van der Waals surface area contributed by atoms with Crippen LogP contribution in [0, 0.1) is 0 Å². The minimum absolute atomic E-state index is 0.0441. The average molecular weight is 377 g/mol. The summed E-state index contributed by atoms with van der Waals surface area (Å²) in [5.41, 5.74) is 2.72. The number of fused-ring (bicyclic) bond motifs is 3. The lowest BCUT2D eigenvalue weighted by molar-refractivity contribution is -0.135. The minimum Gasteiger partial charge on any atom is -0.489 e. The Morgan fingerprint density at radius 3 is 2.77 bits per heavy atom. The maximum Gasteiger partial charge on any atom is 0.334 e. The standard InChI is InChI=1S/C18H17ClN2O5/c19-9-5-11-10-1-3-20-4-2-13(10)21-14(8-26-15(6-9)17(11)21)12(18(24)25)7-16(22)23/h5-7,14,20H,1-4,8H2,(H,22,23)(H,24,25)/b12-7-. The molecule has 1 aromatic heterocycles. The smallest absolute Gasteiger partial charge is 0.334 e. The third-order valence-electron chi connectivity index (χ3n) is 4.93. The Hall–Kier alpha value is -2.51. The molecule has 3 N–H and O–H groups in total. The molecule has 26 heavy (non-hydrogen) atoms. The lowest BCUT2D eigenvalue weighted by Gasteiger charge is -2.28. The van der Waals surface area contributed by atoms with Gasteiger partial charge in [-0.05, 0) is 24.6 Å². The predicted molar refractivity (Wildman–Crippen MR) is 95.1 cm³/mol. The molecule has 0 saturated heterocycles. The second-order valence-electron chi connectivity index (χ2n) is 6.42. The lowest BCUT2D eigenvalue weighted by atomic mass is 10.1. The van der Waals surface area contributed by atoms with Gasteiger partial charge < -0.3 is 24.8 Å². The van der Waals surface area contributed by atoms with E-state index in [2.05, 4.69) is 5.32 Å². The van der Waals surface area contributed by atoms with E-state index in [0.717, 1.165) is 54.2 Å². The highest BCUT2D eigenvalue weighted by Crippen LogP contribution is 2.43. The number of aromatic nitrogens is 1. The van der Waals surface area contributed by atoms with Gasteiger partial charge in [0.2, 0.25) is 0 Å². The fourth-order valence-corrected chi connectivity index (χ4v) is 4.15. The highest BCUT2D eigenvalue weighted by Gasteiger charge is 2.34. The molecule has 2 aromatic rings. The first-order chi connectivity index (χ1) is 12.5. The largest absolute Gasteiger partial charge is 0.489 e. The van der Waals surface area contributed by atoms with Crippen molar-refractivity contribution >= 4 is 34.4 Å². The molecule has 2 aliphatic heterocycles. The quantitative estimate of drug-likeness (QED) is 0.708. The number of halogens is 1. The number of aliphatic carboxylic acids is 2. The van der Waals surface area contributed by atoms with Gasteiger partial charge in [0.1, 0.15) is 18.4 Å². The Kier molecular flexibility index (Phi) is 4.13. The molecular formula is C18H17ClN2O5. The van der Waals surface area contributed by atoms with Gasteiger partial charge in [-0.25, -0.2) is 9.59 Å². The van der Waals surface area contributed by atoms with E-state index in [1.165, 1.54) is 0 Å². The first-order valence-corrected chi connectivity index (χ1v) is 8.71. The molecule has 8 heteroatoms. The van der Waals surface area contributed by atoms with Crippen molar-refractivity contribution in [3.8, 4) is 5.75 Å². The molecule has 0 fully saturated rings. The number of hydrogen-bond donors (Lipinski definition) is 3. The Balaban J connectivity index is 2.02. The number of ether oxygens (including phenoxy) is 1. The molecule has 0 radical (unpaired) electrons. The minimum atomic E-state index is -1.29. The van der Waals surface area contributed by atoms with Crippen LogP contribution < -0.4 is 10.1 Å². The van der Waals surface area contributed by atoms with Gasteiger partial charge in [0, 0.05) is 41.2 Å². The zero-order valence-corrected chi connectivity index (χ0v) is 14.5. The zero-order valence-electron chi connectivity index (χ0n) is 13.8. The number of hydrogen-bond acceptors (Lipinski definition) is 4. The number of carboxylic acids is 2. The fraction of sp³-hybridized carbons (Fsp3) is 0.333. The van der Waals surface area contributed by atoms with E-state index >= 15 is 0 Å². The summed E-state index contributed by atoms with van der Waals surface area (Å²) in [5, 5.41) is 23.5. The number of benzene rings is 1. The summed E-state index contributed by atoms with van der Waals surface area (Å²) in [6.45, 7) is 1.63. The van der Waals surface area contributed by atoms with Gasteiger partial charge in [-0.15, -0.1) is 0 Å². The topological polar surface area (TPSA) is 101 Å². The molecule has 3 heterocycles. The van der Waals surface area contributed by atoms with E-state index in [9.17, 15) is 14.7 Å². The summed E-state index contributed by atoms with van der Waals surface area (Å²) < 4.78 is 7.73. The van der Waals surface area contributed by atoms with Crippen molar-refractivity contribution in [3.05, 3.63) is 40.1 Å². The van der Waals surface area contributed by atoms with Crippen molar-refractivity contribution in [1.82, 2.24) is 9.88 Å². The van der Waals surface area contributed by atoms with Crippen molar-refractivity contribution in [2.24, 2.45) is 0 Å². The molecule has 136 valence electrons. The van der Waals surface area contributed by atoms with Crippen molar-refractivity contribution in [2.75, 3.05) is 19.7 Å². The van der Waals surface area contributed by atoms with Crippen LogP contribution in [-0.4, -0.2) is 46.4 Å². The summed E-state index contributed by atoms with van der Waals surface area (Å²) in [5.74, 6) is -1.95. The van der Waals surface area contributed by atoms with Crippen molar-refractivity contribution in [1.29, 1.82) is 0 Å². The van der Waals surface area contributed by atoms with E-state index in [-0.39, 0.29) is 12.2 Å². The summed E-state index contributed by atoms with van der Waals surface area (Å²) >= 11 is 6.25. The molecular weight excluding hydrogens is 360 g/mol. The van der Waals surface area contributed by atoms with E-state index in [1.807, 2.05) is 10.6 Å². The molecule has 0 aliphatic carbocycles. The SMILES string of the molecule is O=C(O)/C=C(\C(=O)O)C1COc2cc(Cl)cc3c4c(n1c23)CCNCC4. The molecule has 0 bridgehead atoms. The van der Waals surface area contributed by atoms with Gasteiger partial charge in [-0.3, -0.25) is 0 Å². The normalized spacial score (nSPS) is 19.6. The third-order valence-corrected chi connectivity index (χ3v) is 5.15. The van der Waals surface area contributed by atoms with Crippen LogP contribution in [0.2, 0.25) is 5.02 Å². The third kappa shape index (κ3) is 2.64. The maximum atomic E-state index is 11.7. The lowest BCUT2D eigenvalue weighted by Crippen LogP contribution is -2.29. The number of rotatable bonds is 3. The second-order valence-corrected chi connectivity index (χ2v) is 6.85. The summed E-state index contributed by atoms with van der Waals surface area (Å²) in [6.07, 6.45) is 2.26. The van der Waals surface area contributed by atoms with Crippen LogP contribution in [0.3, 0.4) is 0 Å².